The van der Waals surface area contributed by atoms with E-state index in [1.165, 1.54) is 19.2 Å². The highest BCUT2D eigenvalue weighted by atomic mass is 32.2. The molecule has 0 atom stereocenters. The fraction of sp³-hybridized carbons (Fsp3) is 0.0667. The molecule has 22 heavy (non-hydrogen) atoms. The summed E-state index contributed by atoms with van der Waals surface area (Å²) in [6.45, 7) is 0. The zero-order chi connectivity index (χ0) is 15.6. The van der Waals surface area contributed by atoms with Crippen LogP contribution in [0.4, 0.5) is 0 Å². The van der Waals surface area contributed by atoms with Gasteiger partial charge in [0.1, 0.15) is 11.4 Å². The number of sulfonamides is 1. The third kappa shape index (κ3) is 2.84. The predicted molar refractivity (Wildman–Crippen MR) is 80.9 cm³/mol. The van der Waals surface area contributed by atoms with Crippen molar-refractivity contribution in [3.63, 3.8) is 0 Å². The van der Waals surface area contributed by atoms with Crippen molar-refractivity contribution in [1.29, 1.82) is 0 Å². The fourth-order valence-electron chi connectivity index (χ4n) is 1.94. The number of aromatic nitrogens is 2. The maximum absolute atomic E-state index is 12.3. The smallest absolute Gasteiger partial charge is 0.284 e. The third-order valence-electron chi connectivity index (χ3n) is 3.05. The van der Waals surface area contributed by atoms with E-state index in [4.69, 9.17) is 4.74 Å². The Hall–Kier alpha value is -2.67. The van der Waals surface area contributed by atoms with E-state index < -0.39 is 10.0 Å². The number of hydrogen-bond acceptors (Lipinski definition) is 4. The topological polar surface area (TPSA) is 73.0 Å². The average Bonchev–Trinajstić information content (AvgIpc) is 2.54. The molecule has 0 N–H and O–H groups in total. The molecule has 0 bridgehead atoms. The van der Waals surface area contributed by atoms with Crippen LogP contribution in [0.3, 0.4) is 0 Å². The van der Waals surface area contributed by atoms with Gasteiger partial charge in [0.05, 0.1) is 12.0 Å². The summed E-state index contributed by atoms with van der Waals surface area (Å²) >= 11 is 0. The normalized spacial score (nSPS) is 12.5. The molecule has 0 unspecified atom stereocenters. The quantitative estimate of drug-likeness (QED) is 0.736. The fourth-order valence-corrected chi connectivity index (χ4v) is 2.88. The van der Waals surface area contributed by atoms with Gasteiger partial charge in [-0.05, 0) is 36.4 Å². The summed E-state index contributed by atoms with van der Waals surface area (Å²) in [5.41, 5.74) is 0.760. The number of hydrogen-bond donors (Lipinski definition) is 0. The van der Waals surface area contributed by atoms with Gasteiger partial charge < -0.3 is 9.14 Å². The second-order valence-electron chi connectivity index (χ2n) is 4.49. The summed E-state index contributed by atoms with van der Waals surface area (Å²) in [6.07, 6.45) is 3.54. The summed E-state index contributed by atoms with van der Waals surface area (Å²) in [5.74, 6) is 0.583. The van der Waals surface area contributed by atoms with E-state index in [0.29, 0.717) is 11.4 Å². The number of methoxy groups -OCH3 is 1. The van der Waals surface area contributed by atoms with Gasteiger partial charge >= 0.3 is 0 Å². The second-order valence-corrected chi connectivity index (χ2v) is 6.10. The van der Waals surface area contributed by atoms with Gasteiger partial charge in [-0.1, -0.05) is 6.07 Å². The minimum Gasteiger partial charge on any atom is -0.497 e. The molecule has 0 aliphatic rings. The van der Waals surface area contributed by atoms with Gasteiger partial charge in [-0.3, -0.25) is 0 Å². The van der Waals surface area contributed by atoms with Crippen molar-refractivity contribution in [3.05, 3.63) is 66.4 Å². The molecule has 1 aromatic carbocycles. The Morgan fingerprint density at radius 1 is 1.05 bits per heavy atom. The maximum Gasteiger partial charge on any atom is 0.284 e. The van der Waals surface area contributed by atoms with Crippen LogP contribution < -0.4 is 10.2 Å². The highest BCUT2D eigenvalue weighted by Gasteiger charge is 2.12. The van der Waals surface area contributed by atoms with Gasteiger partial charge in [-0.25, -0.2) is 4.98 Å². The first kappa shape index (κ1) is 14.3. The van der Waals surface area contributed by atoms with Crippen molar-refractivity contribution in [2.75, 3.05) is 7.11 Å². The molecule has 0 spiro atoms. The molecule has 6 nitrogen and oxygen atoms in total. The first-order valence-corrected chi connectivity index (χ1v) is 7.92. The van der Waals surface area contributed by atoms with Crippen LogP contribution in [-0.2, 0) is 10.0 Å². The highest BCUT2D eigenvalue weighted by Crippen LogP contribution is 2.16. The molecular formula is C15H13N3O3S. The van der Waals surface area contributed by atoms with Crippen LogP contribution in [0.2, 0.25) is 0 Å². The lowest BCUT2D eigenvalue weighted by Crippen LogP contribution is -2.13. The van der Waals surface area contributed by atoms with Crippen LogP contribution in [0.1, 0.15) is 0 Å². The van der Waals surface area contributed by atoms with Crippen LogP contribution in [0, 0.1) is 0 Å². The Bertz CT molecular complexity index is 977. The molecule has 2 aromatic heterocycles. The van der Waals surface area contributed by atoms with Crippen LogP contribution in [0.5, 0.6) is 5.75 Å². The molecule has 0 aliphatic heterocycles. The summed E-state index contributed by atoms with van der Waals surface area (Å²) < 4.78 is 35.1. The average molecular weight is 315 g/mol. The minimum atomic E-state index is -3.81. The summed E-state index contributed by atoms with van der Waals surface area (Å²) in [6, 6.07) is 13.1. The third-order valence-corrected chi connectivity index (χ3v) is 4.35. The molecule has 0 aliphatic carbocycles. The number of fused-ring (bicyclic) bond motifs is 1. The van der Waals surface area contributed by atoms with Crippen LogP contribution in [-0.4, -0.2) is 24.9 Å². The Balaban J connectivity index is 2.06. The van der Waals surface area contributed by atoms with Gasteiger partial charge in [0.15, 0.2) is 5.49 Å². The highest BCUT2D eigenvalue weighted by molar-refractivity contribution is 7.90. The zero-order valence-corrected chi connectivity index (χ0v) is 12.6. The van der Waals surface area contributed by atoms with E-state index in [1.807, 2.05) is 18.3 Å². The van der Waals surface area contributed by atoms with Crippen molar-refractivity contribution in [3.8, 4) is 5.75 Å². The van der Waals surface area contributed by atoms with Crippen LogP contribution >= 0.6 is 0 Å². The predicted octanol–water partition coefficient (Wildman–Crippen LogP) is 1.63. The van der Waals surface area contributed by atoms with Crippen molar-refractivity contribution in [2.24, 2.45) is 4.40 Å². The van der Waals surface area contributed by atoms with E-state index in [9.17, 15) is 8.42 Å². The van der Waals surface area contributed by atoms with E-state index in [0.717, 1.165) is 0 Å². The zero-order valence-electron chi connectivity index (χ0n) is 11.7. The van der Waals surface area contributed by atoms with E-state index in [2.05, 4.69) is 9.38 Å². The minimum absolute atomic E-state index is 0.0934. The van der Waals surface area contributed by atoms with Crippen LogP contribution in [0.25, 0.3) is 5.65 Å². The molecule has 2 heterocycles. The van der Waals surface area contributed by atoms with Gasteiger partial charge in [-0.2, -0.15) is 8.42 Å². The number of pyridine rings is 1. The molecule has 3 rings (SSSR count). The molecular weight excluding hydrogens is 302 g/mol. The number of ether oxygens (including phenoxy) is 1. The van der Waals surface area contributed by atoms with Crippen LogP contribution in [0.15, 0.2) is 70.2 Å². The molecule has 0 fully saturated rings. The summed E-state index contributed by atoms with van der Waals surface area (Å²) in [7, 11) is -2.29. The van der Waals surface area contributed by atoms with E-state index in [1.54, 1.807) is 34.9 Å². The monoisotopic (exact) mass is 315 g/mol. The van der Waals surface area contributed by atoms with Crippen molar-refractivity contribution < 1.29 is 13.2 Å². The molecule has 0 radical (unpaired) electrons. The molecule has 112 valence electrons. The molecule has 0 amide bonds. The molecule has 0 saturated heterocycles. The van der Waals surface area contributed by atoms with Gasteiger partial charge in [-0.15, -0.1) is 4.40 Å². The number of rotatable bonds is 3. The standard InChI is InChI=1S/C15H13N3O3S/c1-21-12-5-7-13(8-6-12)22(19,20)17-14-9-11-18-10-3-2-4-15(18)16-14/h2-11H,1H3/b17-14-. The SMILES string of the molecule is COc1ccc(S(=O)(=O)/N=c2/ccn3ccccc3n2)cc1. The van der Waals surface area contributed by atoms with E-state index >= 15 is 0 Å². The summed E-state index contributed by atoms with van der Waals surface area (Å²) in [5, 5.41) is 0. The largest absolute Gasteiger partial charge is 0.497 e. The maximum atomic E-state index is 12.3. The van der Waals surface area contributed by atoms with Crippen molar-refractivity contribution in [2.45, 2.75) is 4.90 Å². The second kappa shape index (κ2) is 5.61. The molecule has 3 aromatic rings. The lowest BCUT2D eigenvalue weighted by atomic mass is 10.3. The Morgan fingerprint density at radius 3 is 2.55 bits per heavy atom. The first-order chi connectivity index (χ1) is 10.6. The Kier molecular flexibility index (Phi) is 3.64. The lowest BCUT2D eigenvalue weighted by molar-refractivity contribution is 0.414. The number of benzene rings is 1. The van der Waals surface area contributed by atoms with Crippen molar-refractivity contribution >= 4 is 15.7 Å². The van der Waals surface area contributed by atoms with E-state index in [-0.39, 0.29) is 10.4 Å². The number of nitrogens with zero attached hydrogens (tertiary/aromatic N) is 3. The molecule has 0 saturated carbocycles. The van der Waals surface area contributed by atoms with Gasteiger partial charge in [0.2, 0.25) is 0 Å². The van der Waals surface area contributed by atoms with Gasteiger partial charge in [0, 0.05) is 18.5 Å². The molecule has 7 heteroatoms. The Morgan fingerprint density at radius 2 is 1.82 bits per heavy atom. The Labute approximate surface area is 127 Å². The first-order valence-electron chi connectivity index (χ1n) is 6.48. The van der Waals surface area contributed by atoms with Crippen molar-refractivity contribution in [1.82, 2.24) is 9.38 Å². The lowest BCUT2D eigenvalue weighted by Gasteiger charge is -2.02. The van der Waals surface area contributed by atoms with Gasteiger partial charge in [0.25, 0.3) is 10.0 Å². The summed E-state index contributed by atoms with van der Waals surface area (Å²) in [4.78, 5) is 4.31.